The van der Waals surface area contributed by atoms with Gasteiger partial charge in [-0.05, 0) is 32.9 Å². The number of hydrogen-bond donors (Lipinski definition) is 1. The Morgan fingerprint density at radius 1 is 1.32 bits per heavy atom. The molecule has 0 unspecified atom stereocenters. The summed E-state index contributed by atoms with van der Waals surface area (Å²) in [6.07, 6.45) is 0. The monoisotopic (exact) mass is 262 g/mol. The Hall–Kier alpha value is -2.37. The molecule has 0 atom stereocenters. The van der Waals surface area contributed by atoms with Crippen LogP contribution in [0.3, 0.4) is 0 Å². The van der Waals surface area contributed by atoms with Gasteiger partial charge in [0.15, 0.2) is 0 Å². The number of carbonyl (C=O) groups is 1. The van der Waals surface area contributed by atoms with Crippen molar-refractivity contribution < 1.29 is 14.5 Å². The highest BCUT2D eigenvalue weighted by atomic mass is 16.6. The second-order valence-corrected chi connectivity index (χ2v) is 5.21. The molecule has 1 aromatic heterocycles. The van der Waals surface area contributed by atoms with E-state index in [9.17, 15) is 14.9 Å². The summed E-state index contributed by atoms with van der Waals surface area (Å²) in [6, 6.07) is 5.93. The minimum atomic E-state index is -0.583. The zero-order chi connectivity index (χ0) is 14.2. The van der Waals surface area contributed by atoms with E-state index >= 15 is 0 Å². The van der Waals surface area contributed by atoms with E-state index in [4.69, 9.17) is 4.74 Å². The standard InChI is InChI=1S/C13H14N2O4/c1-13(2,3)19-12(16)11-7-8-6-9(15(17)18)4-5-10(8)14-11/h4-7,14H,1-3H3. The van der Waals surface area contributed by atoms with Crippen LogP contribution < -0.4 is 0 Å². The van der Waals surface area contributed by atoms with Gasteiger partial charge in [0, 0.05) is 23.0 Å². The van der Waals surface area contributed by atoms with Crippen LogP contribution >= 0.6 is 0 Å². The number of aromatic nitrogens is 1. The summed E-state index contributed by atoms with van der Waals surface area (Å²) in [5, 5.41) is 11.3. The van der Waals surface area contributed by atoms with Gasteiger partial charge in [0.25, 0.3) is 5.69 Å². The summed E-state index contributed by atoms with van der Waals surface area (Å²) >= 11 is 0. The van der Waals surface area contributed by atoms with E-state index < -0.39 is 16.5 Å². The van der Waals surface area contributed by atoms with Crippen molar-refractivity contribution in [2.24, 2.45) is 0 Å². The first kappa shape index (κ1) is 13.1. The maximum atomic E-state index is 11.9. The van der Waals surface area contributed by atoms with E-state index in [1.165, 1.54) is 12.1 Å². The molecule has 0 saturated heterocycles. The van der Waals surface area contributed by atoms with Crippen molar-refractivity contribution >= 4 is 22.6 Å². The Morgan fingerprint density at radius 2 is 2.00 bits per heavy atom. The summed E-state index contributed by atoms with van der Waals surface area (Å²) < 4.78 is 5.23. The van der Waals surface area contributed by atoms with Crippen LogP contribution in [0.4, 0.5) is 5.69 Å². The number of aromatic amines is 1. The van der Waals surface area contributed by atoms with Gasteiger partial charge in [-0.25, -0.2) is 4.79 Å². The van der Waals surface area contributed by atoms with Crippen LogP contribution in [0.5, 0.6) is 0 Å². The fourth-order valence-electron chi connectivity index (χ4n) is 1.68. The Kier molecular flexibility index (Phi) is 3.01. The molecule has 0 saturated carbocycles. The number of non-ortho nitro benzene ring substituents is 1. The lowest BCUT2D eigenvalue weighted by atomic mass is 10.2. The molecule has 0 aliphatic heterocycles. The highest BCUT2D eigenvalue weighted by molar-refractivity contribution is 5.95. The second-order valence-electron chi connectivity index (χ2n) is 5.21. The summed E-state index contributed by atoms with van der Waals surface area (Å²) in [7, 11) is 0. The third-order valence-electron chi connectivity index (χ3n) is 2.43. The third kappa shape index (κ3) is 2.90. The van der Waals surface area contributed by atoms with Crippen LogP contribution in [0, 0.1) is 10.1 Å². The quantitative estimate of drug-likeness (QED) is 0.512. The lowest BCUT2D eigenvalue weighted by Crippen LogP contribution is -2.24. The maximum absolute atomic E-state index is 11.9. The Bertz CT molecular complexity index is 652. The topological polar surface area (TPSA) is 85.2 Å². The van der Waals surface area contributed by atoms with E-state index in [1.54, 1.807) is 32.9 Å². The van der Waals surface area contributed by atoms with E-state index in [0.29, 0.717) is 10.9 Å². The molecule has 1 N–H and O–H groups in total. The van der Waals surface area contributed by atoms with Crippen LogP contribution in [0.25, 0.3) is 10.9 Å². The van der Waals surface area contributed by atoms with Crippen molar-refractivity contribution in [2.75, 3.05) is 0 Å². The molecule has 6 heteroatoms. The molecule has 2 aromatic rings. The number of rotatable bonds is 2. The van der Waals surface area contributed by atoms with Crippen LogP contribution in [-0.4, -0.2) is 21.5 Å². The number of nitro benzene ring substituents is 1. The van der Waals surface area contributed by atoms with E-state index in [2.05, 4.69) is 4.98 Å². The molecule has 0 amide bonds. The first-order valence-corrected chi connectivity index (χ1v) is 5.77. The number of nitrogens with one attached hydrogen (secondary N) is 1. The number of nitrogens with zero attached hydrogens (tertiary/aromatic N) is 1. The summed E-state index contributed by atoms with van der Waals surface area (Å²) in [5.41, 5.74) is 0.347. The van der Waals surface area contributed by atoms with Gasteiger partial charge >= 0.3 is 5.97 Å². The largest absolute Gasteiger partial charge is 0.455 e. The minimum absolute atomic E-state index is 0.0118. The molecule has 19 heavy (non-hydrogen) atoms. The molecule has 0 spiro atoms. The van der Waals surface area contributed by atoms with Crippen LogP contribution in [0.15, 0.2) is 24.3 Å². The number of esters is 1. The molecule has 0 bridgehead atoms. The maximum Gasteiger partial charge on any atom is 0.355 e. The molecule has 100 valence electrons. The number of H-pyrrole nitrogens is 1. The fourth-order valence-corrected chi connectivity index (χ4v) is 1.68. The predicted molar refractivity (Wildman–Crippen MR) is 70.1 cm³/mol. The lowest BCUT2D eigenvalue weighted by Gasteiger charge is -2.18. The van der Waals surface area contributed by atoms with Gasteiger partial charge in [0.05, 0.1) is 4.92 Å². The zero-order valence-electron chi connectivity index (χ0n) is 10.9. The zero-order valence-corrected chi connectivity index (χ0v) is 10.9. The van der Waals surface area contributed by atoms with Gasteiger partial charge in [0.1, 0.15) is 11.3 Å². The molecular formula is C13H14N2O4. The van der Waals surface area contributed by atoms with Gasteiger partial charge in [0.2, 0.25) is 0 Å². The smallest absolute Gasteiger partial charge is 0.355 e. The predicted octanol–water partition coefficient (Wildman–Crippen LogP) is 3.03. The molecular weight excluding hydrogens is 248 g/mol. The minimum Gasteiger partial charge on any atom is -0.455 e. The average molecular weight is 262 g/mol. The lowest BCUT2D eigenvalue weighted by molar-refractivity contribution is -0.384. The van der Waals surface area contributed by atoms with Gasteiger partial charge in [-0.1, -0.05) is 0 Å². The van der Waals surface area contributed by atoms with Crippen molar-refractivity contribution in [1.82, 2.24) is 4.98 Å². The number of fused-ring (bicyclic) bond motifs is 1. The van der Waals surface area contributed by atoms with Crippen molar-refractivity contribution in [2.45, 2.75) is 26.4 Å². The van der Waals surface area contributed by atoms with Crippen molar-refractivity contribution in [3.05, 3.63) is 40.1 Å². The molecule has 1 heterocycles. The summed E-state index contributed by atoms with van der Waals surface area (Å²) in [5.74, 6) is -0.480. The van der Waals surface area contributed by atoms with Crippen LogP contribution in [0.2, 0.25) is 0 Å². The SMILES string of the molecule is CC(C)(C)OC(=O)c1cc2cc([N+](=O)[O-])ccc2[nH]1. The molecule has 2 rings (SSSR count). The summed E-state index contributed by atoms with van der Waals surface area (Å²) in [6.45, 7) is 5.33. The molecule has 0 radical (unpaired) electrons. The average Bonchev–Trinajstić information content (AvgIpc) is 2.68. The van der Waals surface area contributed by atoms with Gasteiger partial charge in [-0.15, -0.1) is 0 Å². The first-order chi connectivity index (χ1) is 8.76. The number of ether oxygens (including phenoxy) is 1. The van der Waals surface area contributed by atoms with Crippen molar-refractivity contribution in [3.63, 3.8) is 0 Å². The van der Waals surface area contributed by atoms with Crippen LogP contribution in [0.1, 0.15) is 31.3 Å². The molecule has 0 aliphatic rings. The highest BCUT2D eigenvalue weighted by Crippen LogP contribution is 2.22. The molecule has 0 aliphatic carbocycles. The van der Waals surface area contributed by atoms with Gasteiger partial charge in [-0.3, -0.25) is 10.1 Å². The number of nitro groups is 1. The van der Waals surface area contributed by atoms with Crippen LogP contribution in [-0.2, 0) is 4.74 Å². The fraction of sp³-hybridized carbons (Fsp3) is 0.308. The Morgan fingerprint density at radius 3 is 2.58 bits per heavy atom. The molecule has 0 fully saturated rings. The number of hydrogen-bond acceptors (Lipinski definition) is 4. The van der Waals surface area contributed by atoms with Gasteiger partial charge in [-0.2, -0.15) is 0 Å². The first-order valence-electron chi connectivity index (χ1n) is 5.77. The van der Waals surface area contributed by atoms with Gasteiger partial charge < -0.3 is 9.72 Å². The normalized spacial score (nSPS) is 11.5. The van der Waals surface area contributed by atoms with Crippen molar-refractivity contribution in [1.29, 1.82) is 0 Å². The Labute approximate surface area is 109 Å². The molecule has 1 aromatic carbocycles. The third-order valence-corrected chi connectivity index (χ3v) is 2.43. The second kappa shape index (κ2) is 4.38. The van der Waals surface area contributed by atoms with E-state index in [1.807, 2.05) is 0 Å². The Balaban J connectivity index is 2.36. The summed E-state index contributed by atoms with van der Waals surface area (Å²) in [4.78, 5) is 25.0. The highest BCUT2D eigenvalue weighted by Gasteiger charge is 2.20. The molecule has 6 nitrogen and oxygen atoms in total. The number of carbonyl (C=O) groups excluding carboxylic acids is 1. The van der Waals surface area contributed by atoms with E-state index in [0.717, 1.165) is 0 Å². The number of benzene rings is 1. The van der Waals surface area contributed by atoms with E-state index in [-0.39, 0.29) is 11.4 Å². The van der Waals surface area contributed by atoms with Crippen molar-refractivity contribution in [3.8, 4) is 0 Å².